The van der Waals surface area contributed by atoms with Gasteiger partial charge in [-0.1, -0.05) is 79.7 Å². The molecule has 0 spiro atoms. The number of ether oxygens (including phenoxy) is 4. The van der Waals surface area contributed by atoms with Gasteiger partial charge in [-0.3, -0.25) is 28.8 Å². The van der Waals surface area contributed by atoms with Crippen LogP contribution < -0.4 is 0 Å². The number of ketones is 2. The largest absolute Gasteiger partial charge is 0.464 e. The monoisotopic (exact) mass is 816 g/mol. The molecule has 300 valence electrons. The lowest BCUT2D eigenvalue weighted by atomic mass is 9.65. The number of thiol groups is 2. The summed E-state index contributed by atoms with van der Waals surface area (Å²) in [7, 11) is 0. The van der Waals surface area contributed by atoms with Crippen LogP contribution in [0.1, 0.15) is 81.1 Å². The van der Waals surface area contributed by atoms with E-state index >= 15 is 0 Å². The standard InChI is InChI=1S/C39H60O10S4/c1-25-11-9-13-37(5,6)35(25)29(40)15-27(3)52-19-33(44)48-23-39(21-46-31(42)17-50,22-47-32(43)18-51)24-49-34(45)20-53-28(4)16-30(41)36-26(2)12-10-14-38(36,7)8/h9-12,25-28,35-36,50-51H,13-24H2,1-8H3. The molecule has 0 bridgehead atoms. The summed E-state index contributed by atoms with van der Waals surface area (Å²) in [4.78, 5) is 76.7. The second-order valence-electron chi connectivity index (χ2n) is 16.0. The van der Waals surface area contributed by atoms with Gasteiger partial charge in [0.1, 0.15) is 43.4 Å². The van der Waals surface area contributed by atoms with Gasteiger partial charge < -0.3 is 18.9 Å². The second-order valence-corrected chi connectivity index (χ2v) is 19.4. The summed E-state index contributed by atoms with van der Waals surface area (Å²) >= 11 is 10.5. The van der Waals surface area contributed by atoms with Gasteiger partial charge in [-0.15, -0.1) is 23.5 Å². The molecule has 2 rings (SSSR count). The minimum absolute atomic E-state index is 0.0545. The second kappa shape index (κ2) is 22.0. The molecule has 10 nitrogen and oxygen atoms in total. The number of thioether (sulfide) groups is 2. The van der Waals surface area contributed by atoms with Gasteiger partial charge in [0.25, 0.3) is 0 Å². The van der Waals surface area contributed by atoms with Crippen LogP contribution in [0.15, 0.2) is 24.3 Å². The van der Waals surface area contributed by atoms with Gasteiger partial charge >= 0.3 is 23.9 Å². The minimum Gasteiger partial charge on any atom is -0.464 e. The van der Waals surface area contributed by atoms with Crippen LogP contribution in [0.5, 0.6) is 0 Å². The molecule has 0 aromatic heterocycles. The van der Waals surface area contributed by atoms with E-state index < -0.39 is 55.7 Å². The van der Waals surface area contributed by atoms with E-state index in [1.807, 2.05) is 13.8 Å². The molecule has 0 N–H and O–H groups in total. The van der Waals surface area contributed by atoms with Gasteiger partial charge in [-0.2, -0.15) is 25.3 Å². The zero-order valence-electron chi connectivity index (χ0n) is 32.6. The van der Waals surface area contributed by atoms with Crippen LogP contribution in [-0.4, -0.2) is 95.4 Å². The van der Waals surface area contributed by atoms with Gasteiger partial charge in [0.05, 0.1) is 23.0 Å². The van der Waals surface area contributed by atoms with E-state index in [1.165, 1.54) is 23.5 Å². The van der Waals surface area contributed by atoms with E-state index in [0.717, 1.165) is 12.8 Å². The molecule has 0 radical (unpaired) electrons. The summed E-state index contributed by atoms with van der Waals surface area (Å²) in [5.41, 5.74) is -1.71. The number of carbonyl (C=O) groups excluding carboxylic acids is 6. The van der Waals surface area contributed by atoms with Crippen molar-refractivity contribution in [1.29, 1.82) is 0 Å². The van der Waals surface area contributed by atoms with Gasteiger partial charge in [0.15, 0.2) is 0 Å². The predicted octanol–water partition coefficient (Wildman–Crippen LogP) is 6.64. The lowest BCUT2D eigenvalue weighted by Crippen LogP contribution is -2.44. The molecule has 6 unspecified atom stereocenters. The Hall–Kier alpha value is -1.90. The number of hydrogen-bond donors (Lipinski definition) is 2. The summed E-state index contributed by atoms with van der Waals surface area (Å²) in [5, 5.41) is -0.293. The quantitative estimate of drug-likeness (QED) is 0.0524. The van der Waals surface area contributed by atoms with Crippen molar-refractivity contribution in [1.82, 2.24) is 0 Å². The van der Waals surface area contributed by atoms with Gasteiger partial charge in [-0.25, -0.2) is 0 Å². The maximum absolute atomic E-state index is 13.3. The molecule has 0 saturated carbocycles. The average molecular weight is 817 g/mol. The fourth-order valence-corrected chi connectivity index (χ4v) is 9.00. The van der Waals surface area contributed by atoms with Crippen molar-refractivity contribution in [3.8, 4) is 0 Å². The average Bonchev–Trinajstić information content (AvgIpc) is 3.07. The molecule has 6 atom stereocenters. The van der Waals surface area contributed by atoms with E-state index in [1.54, 1.807) is 0 Å². The third-order valence-electron chi connectivity index (χ3n) is 9.96. The molecule has 0 aromatic rings. The molecule has 0 heterocycles. The zero-order chi connectivity index (χ0) is 40.0. The highest BCUT2D eigenvalue weighted by atomic mass is 32.2. The Balaban J connectivity index is 2.03. The Morgan fingerprint density at radius 2 is 0.962 bits per heavy atom. The Bertz CT molecular complexity index is 1240. The van der Waals surface area contributed by atoms with Crippen LogP contribution in [0, 0.1) is 39.9 Å². The Morgan fingerprint density at radius 1 is 0.642 bits per heavy atom. The lowest BCUT2D eigenvalue weighted by molar-refractivity contribution is -0.167. The number of rotatable bonds is 22. The Morgan fingerprint density at radius 3 is 1.26 bits per heavy atom. The van der Waals surface area contributed by atoms with Crippen molar-refractivity contribution in [3.05, 3.63) is 24.3 Å². The highest BCUT2D eigenvalue weighted by Crippen LogP contribution is 2.43. The molecule has 14 heteroatoms. The highest BCUT2D eigenvalue weighted by Gasteiger charge is 2.41. The number of Topliss-reactive ketones (excluding diaryl/α,β-unsaturated/α-hetero) is 2. The molecular weight excluding hydrogens is 757 g/mol. The summed E-state index contributed by atoms with van der Waals surface area (Å²) in [6, 6.07) is 0. The molecule has 0 saturated heterocycles. The van der Waals surface area contributed by atoms with Gasteiger partial charge in [-0.05, 0) is 35.5 Å². The molecule has 2 aliphatic carbocycles. The summed E-state index contributed by atoms with van der Waals surface area (Å²) in [6.45, 7) is 14.8. The molecular formula is C39H60O10S4. The van der Waals surface area contributed by atoms with Crippen molar-refractivity contribution >= 4 is 84.2 Å². The third-order valence-corrected chi connectivity index (χ3v) is 12.8. The number of esters is 4. The SMILES string of the molecule is CC(CC(=O)C1C(C)C=CCC1(C)C)SCC(=O)OCC(COC(=O)CS)(COC(=O)CS)COC(=O)CSC(C)CC(=O)C1C(C)C=CCC1(C)C. The van der Waals surface area contributed by atoms with E-state index in [9.17, 15) is 28.8 Å². The van der Waals surface area contributed by atoms with Crippen LogP contribution in [0.4, 0.5) is 0 Å². The van der Waals surface area contributed by atoms with Gasteiger partial charge in [0.2, 0.25) is 0 Å². The molecule has 53 heavy (non-hydrogen) atoms. The fourth-order valence-electron chi connectivity index (χ4n) is 7.25. The van der Waals surface area contributed by atoms with Crippen molar-refractivity contribution in [2.24, 2.45) is 39.9 Å². The first-order valence-electron chi connectivity index (χ1n) is 18.2. The van der Waals surface area contributed by atoms with Crippen LogP contribution in [0.25, 0.3) is 0 Å². The maximum Gasteiger partial charge on any atom is 0.315 e. The van der Waals surface area contributed by atoms with Crippen LogP contribution in [-0.2, 0) is 47.7 Å². The Labute approximate surface area is 335 Å². The Kier molecular flexibility index (Phi) is 19.6. The smallest absolute Gasteiger partial charge is 0.315 e. The van der Waals surface area contributed by atoms with Crippen molar-refractivity contribution in [2.45, 2.75) is 91.6 Å². The first-order chi connectivity index (χ1) is 24.8. The van der Waals surface area contributed by atoms with E-state index in [0.29, 0.717) is 12.8 Å². The predicted molar refractivity (Wildman–Crippen MR) is 217 cm³/mol. The van der Waals surface area contributed by atoms with E-state index in [-0.39, 0.29) is 79.6 Å². The number of carbonyl (C=O) groups is 6. The van der Waals surface area contributed by atoms with E-state index in [4.69, 9.17) is 18.9 Å². The zero-order valence-corrected chi connectivity index (χ0v) is 36.0. The summed E-state index contributed by atoms with van der Waals surface area (Å²) < 4.78 is 21.9. The van der Waals surface area contributed by atoms with Crippen molar-refractivity contribution in [2.75, 3.05) is 49.4 Å². The van der Waals surface area contributed by atoms with Gasteiger partial charge in [0, 0.05) is 35.2 Å². The lowest BCUT2D eigenvalue weighted by Gasteiger charge is -2.39. The summed E-state index contributed by atoms with van der Waals surface area (Å²) in [6.07, 6.45) is 10.7. The first-order valence-corrected chi connectivity index (χ1v) is 21.6. The van der Waals surface area contributed by atoms with Crippen LogP contribution in [0.2, 0.25) is 0 Å². The molecule has 0 aromatic carbocycles. The van der Waals surface area contributed by atoms with Crippen LogP contribution in [0.3, 0.4) is 0 Å². The van der Waals surface area contributed by atoms with Crippen molar-refractivity contribution in [3.63, 3.8) is 0 Å². The van der Waals surface area contributed by atoms with Crippen molar-refractivity contribution < 1.29 is 47.7 Å². The first kappa shape index (κ1) is 47.3. The molecule has 0 amide bonds. The minimum atomic E-state index is -1.42. The van der Waals surface area contributed by atoms with Crippen LogP contribution >= 0.6 is 48.8 Å². The number of hydrogen-bond acceptors (Lipinski definition) is 14. The molecule has 0 fully saturated rings. The third kappa shape index (κ3) is 15.6. The number of allylic oxidation sites excluding steroid dienone is 4. The maximum atomic E-state index is 13.3. The highest BCUT2D eigenvalue weighted by molar-refractivity contribution is 8.00. The summed E-state index contributed by atoms with van der Waals surface area (Å²) in [5.74, 6) is -2.72. The van der Waals surface area contributed by atoms with E-state index in [2.05, 4.69) is 91.1 Å². The molecule has 0 aliphatic heterocycles. The molecule has 2 aliphatic rings. The topological polar surface area (TPSA) is 139 Å². The fraction of sp³-hybridized carbons (Fsp3) is 0.744. The normalized spacial score (nSPS) is 23.0.